The standard InChI is InChI=1S/C18H26N6O/c1-4-24-14(3)16(13(2)22-24)11-18(25)19-12-15-7-6-10-23(15)17-8-5-9-20-21-17/h5,8-9,15H,4,6-7,10-12H2,1-3H3,(H,19,25). The Morgan fingerprint density at radius 2 is 2.24 bits per heavy atom. The second-order valence-electron chi connectivity index (χ2n) is 6.52. The molecule has 7 heteroatoms. The Bertz CT molecular complexity index is 727. The number of anilines is 1. The number of carbonyl (C=O) groups excluding carboxylic acids is 1. The van der Waals surface area contributed by atoms with Crippen LogP contribution in [0.2, 0.25) is 0 Å². The van der Waals surface area contributed by atoms with Gasteiger partial charge in [-0.25, -0.2) is 0 Å². The number of aryl methyl sites for hydroxylation is 2. The third-order valence-corrected chi connectivity index (χ3v) is 4.93. The molecule has 134 valence electrons. The molecule has 0 aliphatic carbocycles. The number of nitrogens with zero attached hydrogens (tertiary/aromatic N) is 5. The lowest BCUT2D eigenvalue weighted by atomic mass is 10.1. The summed E-state index contributed by atoms with van der Waals surface area (Å²) in [4.78, 5) is 14.7. The Morgan fingerprint density at radius 1 is 1.40 bits per heavy atom. The van der Waals surface area contributed by atoms with Gasteiger partial charge in [-0.2, -0.15) is 10.2 Å². The summed E-state index contributed by atoms with van der Waals surface area (Å²) >= 11 is 0. The third-order valence-electron chi connectivity index (χ3n) is 4.93. The number of nitrogens with one attached hydrogen (secondary N) is 1. The molecule has 1 aliphatic rings. The first-order valence-corrected chi connectivity index (χ1v) is 8.94. The van der Waals surface area contributed by atoms with Gasteiger partial charge in [0.15, 0.2) is 5.82 Å². The van der Waals surface area contributed by atoms with Crippen molar-refractivity contribution in [3.8, 4) is 0 Å². The smallest absolute Gasteiger partial charge is 0.224 e. The first-order valence-electron chi connectivity index (χ1n) is 8.94. The Labute approximate surface area is 148 Å². The summed E-state index contributed by atoms with van der Waals surface area (Å²) in [5, 5.41) is 15.7. The lowest BCUT2D eigenvalue weighted by Gasteiger charge is -2.25. The summed E-state index contributed by atoms with van der Waals surface area (Å²) in [6, 6.07) is 4.15. The van der Waals surface area contributed by atoms with Crippen molar-refractivity contribution in [3.63, 3.8) is 0 Å². The van der Waals surface area contributed by atoms with Gasteiger partial charge in [-0.05, 0) is 45.7 Å². The second-order valence-corrected chi connectivity index (χ2v) is 6.52. The molecule has 25 heavy (non-hydrogen) atoms. The van der Waals surface area contributed by atoms with Crippen LogP contribution in [0.4, 0.5) is 5.82 Å². The van der Waals surface area contributed by atoms with Gasteiger partial charge in [-0.15, -0.1) is 5.10 Å². The van der Waals surface area contributed by atoms with E-state index in [9.17, 15) is 4.79 Å². The molecule has 2 aromatic heterocycles. The van der Waals surface area contributed by atoms with Crippen molar-refractivity contribution < 1.29 is 4.79 Å². The minimum Gasteiger partial charge on any atom is -0.354 e. The molecule has 3 heterocycles. The monoisotopic (exact) mass is 342 g/mol. The molecule has 0 spiro atoms. The molecule has 1 atom stereocenters. The molecule has 0 bridgehead atoms. The minimum absolute atomic E-state index is 0.0489. The zero-order chi connectivity index (χ0) is 17.8. The van der Waals surface area contributed by atoms with Gasteiger partial charge in [0.25, 0.3) is 0 Å². The summed E-state index contributed by atoms with van der Waals surface area (Å²) in [6.07, 6.45) is 4.23. The van der Waals surface area contributed by atoms with Crippen LogP contribution in [0.3, 0.4) is 0 Å². The van der Waals surface area contributed by atoms with E-state index in [4.69, 9.17) is 0 Å². The summed E-state index contributed by atoms with van der Waals surface area (Å²) in [7, 11) is 0. The first-order chi connectivity index (χ1) is 12.1. The van der Waals surface area contributed by atoms with Crippen molar-refractivity contribution in [3.05, 3.63) is 35.3 Å². The molecule has 1 saturated heterocycles. The van der Waals surface area contributed by atoms with Crippen LogP contribution < -0.4 is 10.2 Å². The van der Waals surface area contributed by atoms with E-state index in [0.717, 1.165) is 48.7 Å². The van der Waals surface area contributed by atoms with Crippen molar-refractivity contribution >= 4 is 11.7 Å². The van der Waals surface area contributed by atoms with Crippen LogP contribution >= 0.6 is 0 Å². The normalized spacial score (nSPS) is 17.1. The van der Waals surface area contributed by atoms with Crippen LogP contribution in [0.25, 0.3) is 0 Å². The minimum atomic E-state index is 0.0489. The van der Waals surface area contributed by atoms with E-state index in [0.29, 0.717) is 13.0 Å². The van der Waals surface area contributed by atoms with Crippen LogP contribution in [-0.4, -0.2) is 45.0 Å². The molecule has 1 fully saturated rings. The fourth-order valence-corrected chi connectivity index (χ4v) is 3.55. The predicted molar refractivity (Wildman–Crippen MR) is 96.5 cm³/mol. The van der Waals surface area contributed by atoms with E-state index >= 15 is 0 Å². The zero-order valence-corrected chi connectivity index (χ0v) is 15.2. The molecule has 0 aromatic carbocycles. The molecular weight excluding hydrogens is 316 g/mol. The molecule has 0 saturated carbocycles. The van der Waals surface area contributed by atoms with E-state index in [1.807, 2.05) is 30.7 Å². The van der Waals surface area contributed by atoms with Gasteiger partial charge in [0.05, 0.1) is 12.1 Å². The largest absolute Gasteiger partial charge is 0.354 e. The Hall–Kier alpha value is -2.44. The maximum Gasteiger partial charge on any atom is 0.224 e. The van der Waals surface area contributed by atoms with Gasteiger partial charge in [0.2, 0.25) is 5.91 Å². The number of hydrogen-bond donors (Lipinski definition) is 1. The van der Waals surface area contributed by atoms with Crippen LogP contribution in [0.1, 0.15) is 36.7 Å². The maximum atomic E-state index is 12.4. The van der Waals surface area contributed by atoms with Gasteiger partial charge >= 0.3 is 0 Å². The summed E-state index contributed by atoms with van der Waals surface area (Å²) in [5.74, 6) is 0.933. The van der Waals surface area contributed by atoms with Crippen LogP contribution in [0.15, 0.2) is 18.3 Å². The molecular formula is C18H26N6O. The van der Waals surface area contributed by atoms with Crippen molar-refractivity contribution in [2.75, 3.05) is 18.0 Å². The van der Waals surface area contributed by atoms with Crippen LogP contribution in [0.5, 0.6) is 0 Å². The van der Waals surface area contributed by atoms with Gasteiger partial charge in [-0.1, -0.05) is 0 Å². The molecule has 1 aliphatic heterocycles. The lowest BCUT2D eigenvalue weighted by molar-refractivity contribution is -0.120. The van der Waals surface area contributed by atoms with Crippen molar-refractivity contribution in [2.24, 2.45) is 0 Å². The van der Waals surface area contributed by atoms with Gasteiger partial charge in [-0.3, -0.25) is 9.48 Å². The highest BCUT2D eigenvalue weighted by Crippen LogP contribution is 2.22. The third kappa shape index (κ3) is 3.81. The fourth-order valence-electron chi connectivity index (χ4n) is 3.55. The van der Waals surface area contributed by atoms with Gasteiger partial charge in [0, 0.05) is 43.1 Å². The summed E-state index contributed by atoms with van der Waals surface area (Å²) in [5.41, 5.74) is 3.06. The number of hydrogen-bond acceptors (Lipinski definition) is 5. The fraction of sp³-hybridized carbons (Fsp3) is 0.556. The molecule has 1 N–H and O–H groups in total. The van der Waals surface area contributed by atoms with Crippen molar-refractivity contribution in [1.29, 1.82) is 0 Å². The highest BCUT2D eigenvalue weighted by atomic mass is 16.1. The maximum absolute atomic E-state index is 12.4. The van der Waals surface area contributed by atoms with E-state index in [1.54, 1.807) is 6.20 Å². The van der Waals surface area contributed by atoms with E-state index in [-0.39, 0.29) is 11.9 Å². The van der Waals surface area contributed by atoms with E-state index < -0.39 is 0 Å². The summed E-state index contributed by atoms with van der Waals surface area (Å²) in [6.45, 7) is 8.47. The first kappa shape index (κ1) is 17.4. The molecule has 3 rings (SSSR count). The Balaban J connectivity index is 1.58. The molecule has 7 nitrogen and oxygen atoms in total. The SMILES string of the molecule is CCn1nc(C)c(CC(=O)NCC2CCCN2c2cccnn2)c1C. The zero-order valence-electron chi connectivity index (χ0n) is 15.2. The summed E-state index contributed by atoms with van der Waals surface area (Å²) < 4.78 is 1.95. The average Bonchev–Trinajstić information content (AvgIpc) is 3.20. The van der Waals surface area contributed by atoms with Crippen LogP contribution in [0, 0.1) is 13.8 Å². The second kappa shape index (κ2) is 7.63. The number of amides is 1. The van der Waals surface area contributed by atoms with Gasteiger partial charge < -0.3 is 10.2 Å². The number of carbonyl (C=O) groups is 1. The lowest BCUT2D eigenvalue weighted by Crippen LogP contribution is -2.41. The van der Waals surface area contributed by atoms with Gasteiger partial charge in [0.1, 0.15) is 0 Å². The van der Waals surface area contributed by atoms with Crippen LogP contribution in [-0.2, 0) is 17.8 Å². The molecule has 1 amide bonds. The Morgan fingerprint density at radius 3 is 2.92 bits per heavy atom. The Kier molecular flexibility index (Phi) is 5.31. The number of rotatable bonds is 6. The molecule has 1 unspecified atom stereocenters. The highest BCUT2D eigenvalue weighted by Gasteiger charge is 2.26. The van der Waals surface area contributed by atoms with Crippen molar-refractivity contribution in [2.45, 2.75) is 52.6 Å². The topological polar surface area (TPSA) is 75.9 Å². The van der Waals surface area contributed by atoms with Crippen molar-refractivity contribution in [1.82, 2.24) is 25.3 Å². The highest BCUT2D eigenvalue weighted by molar-refractivity contribution is 5.79. The number of aromatic nitrogens is 4. The predicted octanol–water partition coefficient (Wildman–Crippen LogP) is 1.64. The average molecular weight is 342 g/mol. The molecule has 2 aromatic rings. The molecule has 0 radical (unpaired) electrons. The van der Waals surface area contributed by atoms with E-state index in [2.05, 4.69) is 32.4 Å². The quantitative estimate of drug-likeness (QED) is 0.864. The van der Waals surface area contributed by atoms with E-state index in [1.165, 1.54) is 0 Å².